The number of unbranched alkanes of at least 4 members (excludes halogenated alkanes) is 1. The Morgan fingerprint density at radius 3 is 2.18 bits per heavy atom. The van der Waals surface area contributed by atoms with Gasteiger partial charge in [-0.2, -0.15) is 0 Å². The lowest BCUT2D eigenvalue weighted by atomic mass is 10.2. The van der Waals surface area contributed by atoms with Crippen LogP contribution in [0, 0.1) is 0 Å². The molecule has 114 valence electrons. The maximum absolute atomic E-state index is 10.9. The number of carbonyl (C=O) groups is 1. The van der Waals surface area contributed by atoms with E-state index in [1.807, 2.05) is 11.8 Å². The highest BCUT2D eigenvalue weighted by Crippen LogP contribution is 2.47. The van der Waals surface area contributed by atoms with E-state index in [1.165, 1.54) is 21.2 Å². The Hall–Kier alpha value is -1.94. The fraction of sp³-hybridized carbons (Fsp3) is 0.278. The second-order valence-corrected chi connectivity index (χ2v) is 6.46. The molecule has 0 radical (unpaired) electrons. The number of rotatable bonds is 5. The normalized spacial score (nSPS) is 12.5. The van der Waals surface area contributed by atoms with E-state index in [-0.39, 0.29) is 5.91 Å². The summed E-state index contributed by atoms with van der Waals surface area (Å²) < 4.78 is 0. The van der Waals surface area contributed by atoms with Crippen LogP contribution in [0.4, 0.5) is 11.4 Å². The van der Waals surface area contributed by atoms with Crippen LogP contribution in [0.5, 0.6) is 0 Å². The van der Waals surface area contributed by atoms with Gasteiger partial charge in [0.1, 0.15) is 0 Å². The smallest absolute Gasteiger partial charge is 0.216 e. The molecule has 1 heterocycles. The summed E-state index contributed by atoms with van der Waals surface area (Å²) in [6, 6.07) is 17.1. The van der Waals surface area contributed by atoms with Crippen molar-refractivity contribution in [2.75, 3.05) is 18.0 Å². The van der Waals surface area contributed by atoms with Crippen molar-refractivity contribution in [3.8, 4) is 0 Å². The third-order valence-corrected chi connectivity index (χ3v) is 4.84. The minimum absolute atomic E-state index is 0.0464. The summed E-state index contributed by atoms with van der Waals surface area (Å²) in [5.74, 6) is 0.0464. The molecule has 22 heavy (non-hydrogen) atoms. The second-order valence-electron chi connectivity index (χ2n) is 5.38. The van der Waals surface area contributed by atoms with Crippen molar-refractivity contribution in [2.45, 2.75) is 29.6 Å². The van der Waals surface area contributed by atoms with Crippen LogP contribution in [0.3, 0.4) is 0 Å². The van der Waals surface area contributed by atoms with Crippen molar-refractivity contribution < 1.29 is 4.79 Å². The van der Waals surface area contributed by atoms with Gasteiger partial charge in [0.2, 0.25) is 5.91 Å². The average Bonchev–Trinajstić information content (AvgIpc) is 2.53. The highest BCUT2D eigenvalue weighted by molar-refractivity contribution is 7.99. The molecular formula is C18H20N2OS. The lowest BCUT2D eigenvalue weighted by Crippen LogP contribution is -2.24. The van der Waals surface area contributed by atoms with Crippen LogP contribution in [0.15, 0.2) is 58.3 Å². The molecule has 0 aromatic heterocycles. The molecule has 4 heteroatoms. The SMILES string of the molecule is CC(=O)NCCCCN1c2ccccc2Sc2ccccc21. The summed E-state index contributed by atoms with van der Waals surface area (Å²) in [7, 11) is 0. The van der Waals surface area contributed by atoms with Crippen LogP contribution in [-0.4, -0.2) is 19.0 Å². The van der Waals surface area contributed by atoms with Gasteiger partial charge >= 0.3 is 0 Å². The second kappa shape index (κ2) is 6.88. The fourth-order valence-corrected chi connectivity index (χ4v) is 3.78. The van der Waals surface area contributed by atoms with Gasteiger partial charge < -0.3 is 10.2 Å². The van der Waals surface area contributed by atoms with Crippen molar-refractivity contribution in [3.05, 3.63) is 48.5 Å². The van der Waals surface area contributed by atoms with Gasteiger partial charge in [-0.25, -0.2) is 0 Å². The zero-order chi connectivity index (χ0) is 15.4. The van der Waals surface area contributed by atoms with E-state index < -0.39 is 0 Å². The van der Waals surface area contributed by atoms with Crippen LogP contribution in [0.1, 0.15) is 19.8 Å². The first-order chi connectivity index (χ1) is 10.8. The molecule has 1 aliphatic heterocycles. The van der Waals surface area contributed by atoms with Crippen molar-refractivity contribution >= 4 is 29.0 Å². The average molecular weight is 312 g/mol. The fourth-order valence-electron chi connectivity index (χ4n) is 2.68. The molecule has 0 aliphatic carbocycles. The maximum atomic E-state index is 10.9. The molecule has 0 spiro atoms. The van der Waals surface area contributed by atoms with Crippen LogP contribution in [0.25, 0.3) is 0 Å². The Bertz CT molecular complexity index is 626. The molecule has 2 aromatic rings. The highest BCUT2D eigenvalue weighted by Gasteiger charge is 2.21. The molecular weight excluding hydrogens is 292 g/mol. The van der Waals surface area contributed by atoms with E-state index in [9.17, 15) is 4.79 Å². The van der Waals surface area contributed by atoms with E-state index in [0.29, 0.717) is 0 Å². The van der Waals surface area contributed by atoms with Gasteiger partial charge in [-0.1, -0.05) is 36.0 Å². The predicted molar refractivity (Wildman–Crippen MR) is 91.9 cm³/mol. The van der Waals surface area contributed by atoms with E-state index in [2.05, 4.69) is 58.7 Å². The largest absolute Gasteiger partial charge is 0.356 e. The van der Waals surface area contributed by atoms with Gasteiger partial charge in [0, 0.05) is 29.8 Å². The molecule has 3 rings (SSSR count). The Kier molecular flexibility index (Phi) is 4.68. The third kappa shape index (κ3) is 3.28. The minimum Gasteiger partial charge on any atom is -0.356 e. The van der Waals surface area contributed by atoms with Crippen LogP contribution < -0.4 is 10.2 Å². The zero-order valence-corrected chi connectivity index (χ0v) is 13.5. The number of amides is 1. The summed E-state index contributed by atoms with van der Waals surface area (Å²) in [5.41, 5.74) is 2.57. The quantitative estimate of drug-likeness (QED) is 0.840. The highest BCUT2D eigenvalue weighted by atomic mass is 32.2. The number of anilines is 2. The number of nitrogens with zero attached hydrogens (tertiary/aromatic N) is 1. The molecule has 0 bridgehead atoms. The standard InChI is InChI=1S/C18H20N2OS/c1-14(21)19-12-6-7-13-20-15-8-2-4-10-17(15)22-18-11-5-3-9-16(18)20/h2-5,8-11H,6-7,12-13H2,1H3,(H,19,21). The first kappa shape index (κ1) is 15.0. The molecule has 0 saturated heterocycles. The molecule has 0 fully saturated rings. The molecule has 1 amide bonds. The molecule has 0 atom stereocenters. The summed E-state index contributed by atoms with van der Waals surface area (Å²) >= 11 is 1.84. The molecule has 3 nitrogen and oxygen atoms in total. The zero-order valence-electron chi connectivity index (χ0n) is 12.7. The van der Waals surface area contributed by atoms with Gasteiger partial charge in [0.05, 0.1) is 11.4 Å². The lowest BCUT2D eigenvalue weighted by molar-refractivity contribution is -0.118. The summed E-state index contributed by atoms with van der Waals surface area (Å²) in [4.78, 5) is 15.9. The van der Waals surface area contributed by atoms with Gasteiger partial charge in [-0.15, -0.1) is 0 Å². The van der Waals surface area contributed by atoms with E-state index in [0.717, 1.165) is 25.9 Å². The van der Waals surface area contributed by atoms with Gasteiger partial charge in [0.25, 0.3) is 0 Å². The number of nitrogens with one attached hydrogen (secondary N) is 1. The van der Waals surface area contributed by atoms with Crippen LogP contribution >= 0.6 is 11.8 Å². The van der Waals surface area contributed by atoms with Crippen molar-refractivity contribution in [2.24, 2.45) is 0 Å². The van der Waals surface area contributed by atoms with Crippen molar-refractivity contribution in [1.82, 2.24) is 5.32 Å². The Balaban J connectivity index is 1.74. The van der Waals surface area contributed by atoms with E-state index >= 15 is 0 Å². The Morgan fingerprint density at radius 1 is 1.00 bits per heavy atom. The first-order valence-corrected chi connectivity index (χ1v) is 8.45. The Labute approximate surface area is 135 Å². The predicted octanol–water partition coefficient (Wildman–Crippen LogP) is 4.21. The number of fused-ring (bicyclic) bond motifs is 2. The van der Waals surface area contributed by atoms with E-state index in [4.69, 9.17) is 0 Å². The summed E-state index contributed by atoms with van der Waals surface area (Å²) in [6.07, 6.45) is 2.04. The number of hydrogen-bond donors (Lipinski definition) is 1. The molecule has 0 saturated carbocycles. The minimum atomic E-state index is 0.0464. The summed E-state index contributed by atoms with van der Waals surface area (Å²) in [5, 5.41) is 2.86. The Morgan fingerprint density at radius 2 is 1.59 bits per heavy atom. The third-order valence-electron chi connectivity index (χ3n) is 3.71. The van der Waals surface area contributed by atoms with Gasteiger partial charge in [0.15, 0.2) is 0 Å². The van der Waals surface area contributed by atoms with Crippen molar-refractivity contribution in [1.29, 1.82) is 0 Å². The van der Waals surface area contributed by atoms with E-state index in [1.54, 1.807) is 6.92 Å². The number of benzene rings is 2. The molecule has 0 unspecified atom stereocenters. The van der Waals surface area contributed by atoms with Crippen LogP contribution in [-0.2, 0) is 4.79 Å². The monoisotopic (exact) mass is 312 g/mol. The molecule has 1 N–H and O–H groups in total. The molecule has 2 aromatic carbocycles. The topological polar surface area (TPSA) is 32.3 Å². The van der Waals surface area contributed by atoms with Gasteiger partial charge in [-0.05, 0) is 37.1 Å². The number of para-hydroxylation sites is 2. The first-order valence-electron chi connectivity index (χ1n) is 7.63. The maximum Gasteiger partial charge on any atom is 0.216 e. The summed E-state index contributed by atoms with van der Waals surface area (Å²) in [6.45, 7) is 3.28. The van der Waals surface area contributed by atoms with Crippen LogP contribution in [0.2, 0.25) is 0 Å². The van der Waals surface area contributed by atoms with Crippen molar-refractivity contribution in [3.63, 3.8) is 0 Å². The van der Waals surface area contributed by atoms with Gasteiger partial charge in [-0.3, -0.25) is 4.79 Å². The number of hydrogen-bond acceptors (Lipinski definition) is 3. The lowest BCUT2D eigenvalue weighted by Gasteiger charge is -2.32. The number of carbonyl (C=O) groups excluding carboxylic acids is 1. The molecule has 1 aliphatic rings.